The second-order valence-electron chi connectivity index (χ2n) is 9.94. The second kappa shape index (κ2) is 11.2. The van der Waals surface area contributed by atoms with Crippen molar-refractivity contribution in [3.63, 3.8) is 0 Å². The van der Waals surface area contributed by atoms with E-state index in [0.29, 0.717) is 21.7 Å². The molecule has 0 spiro atoms. The van der Waals surface area contributed by atoms with Crippen LogP contribution in [-0.4, -0.2) is 17.1 Å². The number of hydrogen-bond donors (Lipinski definition) is 0. The minimum atomic E-state index is -0.277. The summed E-state index contributed by atoms with van der Waals surface area (Å²) in [5, 5.41) is 1.08. The van der Waals surface area contributed by atoms with Gasteiger partial charge in [0.1, 0.15) is 6.04 Å². The van der Waals surface area contributed by atoms with Crippen LogP contribution in [0.25, 0.3) is 0 Å². The van der Waals surface area contributed by atoms with E-state index in [-0.39, 0.29) is 6.04 Å². The maximum atomic E-state index is 6.91. The Balaban J connectivity index is 1.52. The highest BCUT2D eigenvalue weighted by molar-refractivity contribution is 6.55. The molecule has 2 heterocycles. The van der Waals surface area contributed by atoms with Gasteiger partial charge in [-0.05, 0) is 29.3 Å². The number of nitrogens with zero attached hydrogens (tertiary/aromatic N) is 4. The lowest BCUT2D eigenvalue weighted by atomic mass is 9.96. The normalized spacial score (nSPS) is 16.4. The molecule has 0 amide bonds. The van der Waals surface area contributed by atoms with Crippen LogP contribution in [0.5, 0.6) is 0 Å². The molecule has 0 radical (unpaired) electrons. The summed E-state index contributed by atoms with van der Waals surface area (Å²) >= 11 is 13.3. The third-order valence-corrected chi connectivity index (χ3v) is 7.82. The topological polar surface area (TPSA) is 40.3 Å². The molecule has 5 aromatic carbocycles. The summed E-state index contributed by atoms with van der Waals surface area (Å²) in [6.07, 6.45) is 0. The van der Waals surface area contributed by atoms with Crippen molar-refractivity contribution in [3.8, 4) is 0 Å². The molecule has 7 rings (SSSR count). The van der Waals surface area contributed by atoms with Gasteiger partial charge in [0, 0.05) is 16.1 Å². The van der Waals surface area contributed by atoms with Gasteiger partial charge in [-0.3, -0.25) is 0 Å². The van der Waals surface area contributed by atoms with Gasteiger partial charge in [-0.2, -0.15) is 0 Å². The van der Waals surface area contributed by atoms with Crippen molar-refractivity contribution in [2.45, 2.75) is 6.04 Å². The average Bonchev–Trinajstić information content (AvgIpc) is 3.66. The Kier molecular flexibility index (Phi) is 7.00. The number of halogens is 2. The molecule has 1 atom stereocenters. The van der Waals surface area contributed by atoms with Gasteiger partial charge < -0.3 is 4.90 Å². The highest BCUT2D eigenvalue weighted by Gasteiger charge is 2.39. The summed E-state index contributed by atoms with van der Waals surface area (Å²) in [5.41, 5.74) is 7.29. The van der Waals surface area contributed by atoms with E-state index < -0.39 is 0 Å². The van der Waals surface area contributed by atoms with Crippen LogP contribution in [0, 0.1) is 0 Å². The fraction of sp³-hybridized carbons (Fsp3) is 0.0278. The van der Waals surface area contributed by atoms with E-state index in [1.54, 1.807) is 6.07 Å². The number of anilines is 1. The van der Waals surface area contributed by atoms with Crippen molar-refractivity contribution < 1.29 is 0 Å². The van der Waals surface area contributed by atoms with E-state index in [1.807, 2.05) is 84.9 Å². The van der Waals surface area contributed by atoms with Crippen LogP contribution in [0.15, 0.2) is 166 Å². The molecule has 2 aliphatic rings. The van der Waals surface area contributed by atoms with Crippen LogP contribution >= 0.6 is 23.2 Å². The van der Waals surface area contributed by atoms with Crippen LogP contribution in [0.4, 0.5) is 5.69 Å². The smallest absolute Gasteiger partial charge is 0.197 e. The molecule has 4 nitrogen and oxygen atoms in total. The standard InChI is InChI=1S/C36H24Cl2N4/c37-28-21-22-30(29(38)23-28)42-34(27-19-11-4-12-20-27)33(26-17-9-3-10-18-26)41-36(42)35-39-31(24-13-5-1-6-14-24)32(40-35)25-15-7-2-8-16-25/h1-23,34H. The zero-order chi connectivity index (χ0) is 28.5. The average molecular weight is 584 g/mol. The second-order valence-corrected chi connectivity index (χ2v) is 10.8. The quantitative estimate of drug-likeness (QED) is 0.203. The summed E-state index contributed by atoms with van der Waals surface area (Å²) in [4.78, 5) is 17.7. The molecule has 42 heavy (non-hydrogen) atoms. The first-order valence-electron chi connectivity index (χ1n) is 13.6. The lowest BCUT2D eigenvalue weighted by Crippen LogP contribution is -2.28. The monoisotopic (exact) mass is 582 g/mol. The van der Waals surface area contributed by atoms with Gasteiger partial charge >= 0.3 is 0 Å². The maximum Gasteiger partial charge on any atom is 0.197 e. The van der Waals surface area contributed by atoms with E-state index >= 15 is 0 Å². The van der Waals surface area contributed by atoms with Crippen molar-refractivity contribution in [2.75, 3.05) is 4.90 Å². The molecule has 0 saturated carbocycles. The first-order valence-corrected chi connectivity index (χ1v) is 14.4. The largest absolute Gasteiger partial charge is 0.308 e. The summed E-state index contributed by atoms with van der Waals surface area (Å²) in [6.45, 7) is 0. The fourth-order valence-electron chi connectivity index (χ4n) is 5.37. The van der Waals surface area contributed by atoms with Crippen molar-refractivity contribution in [3.05, 3.63) is 183 Å². The molecule has 0 fully saturated rings. The predicted octanol–water partition coefficient (Wildman–Crippen LogP) is 9.16. The number of benzene rings is 5. The summed E-state index contributed by atoms with van der Waals surface area (Å²) in [5.74, 6) is 1.14. The van der Waals surface area contributed by atoms with E-state index in [1.165, 1.54) is 0 Å². The molecule has 5 aromatic rings. The van der Waals surface area contributed by atoms with Crippen molar-refractivity contribution in [2.24, 2.45) is 15.0 Å². The Morgan fingerprint density at radius 3 is 1.55 bits per heavy atom. The Hall–Kier alpha value is -4.77. The molecule has 0 N–H and O–H groups in total. The lowest BCUT2D eigenvalue weighted by Gasteiger charge is -2.29. The van der Waals surface area contributed by atoms with Gasteiger partial charge in [0.2, 0.25) is 0 Å². The first-order chi connectivity index (χ1) is 20.7. The Labute approximate surface area is 254 Å². The van der Waals surface area contributed by atoms with Gasteiger partial charge in [-0.1, -0.05) is 145 Å². The molecule has 0 saturated heterocycles. The fourth-order valence-corrected chi connectivity index (χ4v) is 5.87. The summed E-state index contributed by atoms with van der Waals surface area (Å²) < 4.78 is 0. The van der Waals surface area contributed by atoms with Crippen LogP contribution in [0.2, 0.25) is 10.0 Å². The Morgan fingerprint density at radius 2 is 1.02 bits per heavy atom. The molecular weight excluding hydrogens is 559 g/mol. The predicted molar refractivity (Wildman–Crippen MR) is 174 cm³/mol. The van der Waals surface area contributed by atoms with Crippen molar-refractivity contribution >= 4 is 46.0 Å². The minimum absolute atomic E-state index is 0.277. The summed E-state index contributed by atoms with van der Waals surface area (Å²) in [6, 6.07) is 46.1. The van der Waals surface area contributed by atoms with Crippen LogP contribution in [-0.2, 0) is 0 Å². The third-order valence-electron chi connectivity index (χ3n) is 7.28. The SMILES string of the molecule is Clc1ccc(N2C(=C3N=C(c4ccccc4)C(c4ccccc4)=N3)N=C(c3ccccc3)C2c2ccccc2)c(Cl)c1. The Morgan fingerprint density at radius 1 is 0.524 bits per heavy atom. The van der Waals surface area contributed by atoms with Gasteiger partial charge in [0.25, 0.3) is 0 Å². The van der Waals surface area contributed by atoms with Crippen molar-refractivity contribution in [1.82, 2.24) is 0 Å². The van der Waals surface area contributed by atoms with Crippen molar-refractivity contribution in [1.29, 1.82) is 0 Å². The van der Waals surface area contributed by atoms with E-state index in [9.17, 15) is 0 Å². The summed E-state index contributed by atoms with van der Waals surface area (Å²) in [7, 11) is 0. The van der Waals surface area contributed by atoms with Gasteiger partial charge in [0.05, 0.1) is 27.8 Å². The molecule has 2 aliphatic heterocycles. The highest BCUT2D eigenvalue weighted by Crippen LogP contribution is 2.45. The number of rotatable bonds is 5. The third kappa shape index (κ3) is 4.85. The molecule has 0 aliphatic carbocycles. The van der Waals surface area contributed by atoms with Gasteiger partial charge in [-0.25, -0.2) is 15.0 Å². The number of aliphatic imine (C=N–C) groups is 3. The zero-order valence-electron chi connectivity index (χ0n) is 22.4. The Bertz CT molecular complexity index is 1820. The van der Waals surface area contributed by atoms with Gasteiger partial charge in [0.15, 0.2) is 11.6 Å². The van der Waals surface area contributed by atoms with Crippen LogP contribution < -0.4 is 4.90 Å². The minimum Gasteiger partial charge on any atom is -0.308 e. The van der Waals surface area contributed by atoms with Crippen LogP contribution in [0.3, 0.4) is 0 Å². The first kappa shape index (κ1) is 26.1. The lowest BCUT2D eigenvalue weighted by molar-refractivity contribution is 0.869. The molecule has 1 unspecified atom stereocenters. The van der Waals surface area contributed by atoms with E-state index in [4.69, 9.17) is 38.2 Å². The van der Waals surface area contributed by atoms with Crippen LogP contribution in [0.1, 0.15) is 28.3 Å². The molecule has 0 bridgehead atoms. The molecule has 0 aromatic heterocycles. The molecule has 202 valence electrons. The maximum absolute atomic E-state index is 6.91. The highest BCUT2D eigenvalue weighted by atomic mass is 35.5. The molecule has 6 heteroatoms. The van der Waals surface area contributed by atoms with E-state index in [0.717, 1.165) is 45.1 Å². The van der Waals surface area contributed by atoms with E-state index in [2.05, 4.69) is 53.4 Å². The number of hydrogen-bond acceptors (Lipinski definition) is 4. The molecular formula is C36H24Cl2N4. The van der Waals surface area contributed by atoms with Gasteiger partial charge in [-0.15, -0.1) is 0 Å². The zero-order valence-corrected chi connectivity index (χ0v) is 23.9.